The van der Waals surface area contributed by atoms with Crippen molar-refractivity contribution in [2.24, 2.45) is 5.92 Å². The number of halogens is 1. The number of anilines is 1. The molecule has 0 aliphatic carbocycles. The van der Waals surface area contributed by atoms with E-state index in [2.05, 4.69) is 63.0 Å². The molecule has 130 valence electrons. The highest BCUT2D eigenvalue weighted by Crippen LogP contribution is 2.35. The molecular formula is C19H22BrN5. The van der Waals surface area contributed by atoms with Gasteiger partial charge in [-0.25, -0.2) is 4.98 Å². The van der Waals surface area contributed by atoms with Gasteiger partial charge in [-0.05, 0) is 56.4 Å². The Kier molecular flexibility index (Phi) is 4.46. The highest BCUT2D eigenvalue weighted by molar-refractivity contribution is 9.10. The van der Waals surface area contributed by atoms with Crippen LogP contribution in [0, 0.1) is 19.8 Å². The van der Waals surface area contributed by atoms with E-state index in [1.54, 1.807) is 6.33 Å². The molecule has 1 fully saturated rings. The highest BCUT2D eigenvalue weighted by atomic mass is 79.9. The zero-order valence-electron chi connectivity index (χ0n) is 14.6. The van der Waals surface area contributed by atoms with Crippen molar-refractivity contribution in [3.05, 3.63) is 46.6 Å². The van der Waals surface area contributed by atoms with E-state index in [1.165, 1.54) is 29.5 Å². The Morgan fingerprint density at radius 3 is 2.96 bits per heavy atom. The van der Waals surface area contributed by atoms with Crippen LogP contribution in [0.3, 0.4) is 0 Å². The number of fused-ring (bicyclic) bond motifs is 1. The molecule has 0 spiro atoms. The first-order valence-electron chi connectivity index (χ1n) is 8.75. The number of pyridine rings is 1. The molecule has 6 heteroatoms. The molecule has 0 bridgehead atoms. The summed E-state index contributed by atoms with van der Waals surface area (Å²) in [6, 6.07) is 6.37. The van der Waals surface area contributed by atoms with Crippen molar-refractivity contribution in [3.63, 3.8) is 0 Å². The number of piperidine rings is 1. The summed E-state index contributed by atoms with van der Waals surface area (Å²) in [6.07, 6.45) is 5.87. The van der Waals surface area contributed by atoms with Crippen LogP contribution in [0.1, 0.15) is 24.1 Å². The van der Waals surface area contributed by atoms with Gasteiger partial charge in [-0.2, -0.15) is 5.10 Å². The highest BCUT2D eigenvalue weighted by Gasteiger charge is 2.24. The van der Waals surface area contributed by atoms with Crippen LogP contribution < -0.4 is 4.90 Å². The quantitative estimate of drug-likeness (QED) is 0.664. The summed E-state index contributed by atoms with van der Waals surface area (Å²) in [6.45, 7) is 7.38. The van der Waals surface area contributed by atoms with E-state index in [4.69, 9.17) is 4.98 Å². The van der Waals surface area contributed by atoms with E-state index in [0.29, 0.717) is 5.92 Å². The fourth-order valence-corrected chi connectivity index (χ4v) is 4.21. The lowest BCUT2D eigenvalue weighted by atomic mass is 9.95. The first kappa shape index (κ1) is 16.5. The van der Waals surface area contributed by atoms with Gasteiger partial charge in [-0.15, -0.1) is 0 Å². The van der Waals surface area contributed by atoms with Crippen LogP contribution in [0.2, 0.25) is 0 Å². The number of benzene rings is 1. The summed E-state index contributed by atoms with van der Waals surface area (Å²) in [5.41, 5.74) is 4.81. The Morgan fingerprint density at radius 2 is 2.16 bits per heavy atom. The van der Waals surface area contributed by atoms with E-state index in [9.17, 15) is 0 Å². The van der Waals surface area contributed by atoms with Crippen molar-refractivity contribution in [1.82, 2.24) is 19.7 Å². The van der Waals surface area contributed by atoms with Crippen LogP contribution in [0.5, 0.6) is 0 Å². The maximum atomic E-state index is 4.78. The Hall–Kier alpha value is -1.95. The predicted molar refractivity (Wildman–Crippen MR) is 104 cm³/mol. The van der Waals surface area contributed by atoms with Crippen molar-refractivity contribution in [2.75, 3.05) is 18.0 Å². The minimum absolute atomic E-state index is 0.588. The van der Waals surface area contributed by atoms with Crippen molar-refractivity contribution in [3.8, 4) is 0 Å². The van der Waals surface area contributed by atoms with Gasteiger partial charge in [0.1, 0.15) is 12.7 Å². The molecule has 5 nitrogen and oxygen atoms in total. The fraction of sp³-hybridized carbons (Fsp3) is 0.421. The standard InChI is InChI=1S/C19H22BrN5/c1-13-14(2)23-18-6-5-16(20)8-17(18)19(13)24-7-3-4-15(9-24)10-25-12-21-11-22-25/h5-6,8,11-12,15H,3-4,7,9-10H2,1-2H3. The Bertz CT molecular complexity index is 890. The van der Waals surface area contributed by atoms with Crippen LogP contribution >= 0.6 is 15.9 Å². The Balaban J connectivity index is 1.70. The van der Waals surface area contributed by atoms with Crippen molar-refractivity contribution < 1.29 is 0 Å². The molecule has 3 aromatic rings. The van der Waals surface area contributed by atoms with Crippen LogP contribution in [0.15, 0.2) is 35.3 Å². The number of hydrogen-bond donors (Lipinski definition) is 0. The molecule has 0 amide bonds. The van der Waals surface area contributed by atoms with Gasteiger partial charge in [-0.3, -0.25) is 9.67 Å². The third-order valence-corrected chi connectivity index (χ3v) is 5.64. The van der Waals surface area contributed by atoms with Gasteiger partial charge in [0.25, 0.3) is 0 Å². The van der Waals surface area contributed by atoms with Crippen molar-refractivity contribution in [2.45, 2.75) is 33.2 Å². The molecule has 1 aliphatic rings. The zero-order valence-corrected chi connectivity index (χ0v) is 16.2. The van der Waals surface area contributed by atoms with E-state index >= 15 is 0 Å². The third kappa shape index (κ3) is 3.27. The molecule has 3 heterocycles. The summed E-state index contributed by atoms with van der Waals surface area (Å²) >= 11 is 3.62. The van der Waals surface area contributed by atoms with E-state index in [1.807, 2.05) is 11.0 Å². The number of aromatic nitrogens is 4. The second-order valence-electron chi connectivity index (χ2n) is 6.90. The lowest BCUT2D eigenvalue weighted by Crippen LogP contribution is -2.37. The van der Waals surface area contributed by atoms with Gasteiger partial charge in [0.05, 0.1) is 11.2 Å². The summed E-state index contributed by atoms with van der Waals surface area (Å²) in [5.74, 6) is 0.588. The topological polar surface area (TPSA) is 46.8 Å². The lowest BCUT2D eigenvalue weighted by molar-refractivity contribution is 0.351. The van der Waals surface area contributed by atoms with Gasteiger partial charge in [-0.1, -0.05) is 15.9 Å². The molecule has 0 N–H and O–H groups in total. The lowest BCUT2D eigenvalue weighted by Gasteiger charge is -2.36. The molecule has 0 saturated carbocycles. The smallest absolute Gasteiger partial charge is 0.137 e. The SMILES string of the molecule is Cc1nc2ccc(Br)cc2c(N2CCCC(Cn3cncn3)C2)c1C. The molecule has 25 heavy (non-hydrogen) atoms. The third-order valence-electron chi connectivity index (χ3n) is 5.15. The molecule has 2 aromatic heterocycles. The fourth-order valence-electron chi connectivity index (χ4n) is 3.85. The summed E-state index contributed by atoms with van der Waals surface area (Å²) < 4.78 is 3.05. The Labute approximate surface area is 156 Å². The molecule has 1 unspecified atom stereocenters. The number of hydrogen-bond acceptors (Lipinski definition) is 4. The molecule has 4 rings (SSSR count). The normalized spacial score (nSPS) is 18.0. The average Bonchev–Trinajstić information content (AvgIpc) is 3.10. The summed E-state index contributed by atoms with van der Waals surface area (Å²) in [7, 11) is 0. The number of aryl methyl sites for hydroxylation is 1. The van der Waals surface area contributed by atoms with Crippen LogP contribution in [-0.2, 0) is 6.54 Å². The monoisotopic (exact) mass is 399 g/mol. The van der Waals surface area contributed by atoms with Gasteiger partial charge in [0.2, 0.25) is 0 Å². The predicted octanol–water partition coefficient (Wildman–Crippen LogP) is 4.12. The molecule has 1 saturated heterocycles. The zero-order chi connectivity index (χ0) is 17.4. The second kappa shape index (κ2) is 6.75. The van der Waals surface area contributed by atoms with Gasteiger partial charge in [0.15, 0.2) is 0 Å². The van der Waals surface area contributed by atoms with Gasteiger partial charge < -0.3 is 4.90 Å². The maximum Gasteiger partial charge on any atom is 0.137 e. The molecule has 1 aromatic carbocycles. The first-order valence-corrected chi connectivity index (χ1v) is 9.55. The van der Waals surface area contributed by atoms with Crippen LogP contribution in [0.25, 0.3) is 10.9 Å². The van der Waals surface area contributed by atoms with Gasteiger partial charge >= 0.3 is 0 Å². The van der Waals surface area contributed by atoms with Crippen molar-refractivity contribution in [1.29, 1.82) is 0 Å². The van der Waals surface area contributed by atoms with Crippen LogP contribution in [0.4, 0.5) is 5.69 Å². The van der Waals surface area contributed by atoms with Crippen LogP contribution in [-0.4, -0.2) is 32.8 Å². The number of rotatable bonds is 3. The molecule has 1 aliphatic heterocycles. The molecule has 0 radical (unpaired) electrons. The first-order chi connectivity index (χ1) is 12.1. The maximum absolute atomic E-state index is 4.78. The van der Waals surface area contributed by atoms with E-state index in [-0.39, 0.29) is 0 Å². The number of nitrogens with zero attached hydrogens (tertiary/aromatic N) is 5. The van der Waals surface area contributed by atoms with Crippen molar-refractivity contribution >= 4 is 32.5 Å². The minimum Gasteiger partial charge on any atom is -0.370 e. The van der Waals surface area contributed by atoms with E-state index in [0.717, 1.165) is 35.3 Å². The summed E-state index contributed by atoms with van der Waals surface area (Å²) in [5, 5.41) is 5.51. The van der Waals surface area contributed by atoms with Gasteiger partial charge in [0, 0.05) is 35.2 Å². The largest absolute Gasteiger partial charge is 0.370 e. The average molecular weight is 400 g/mol. The summed E-state index contributed by atoms with van der Waals surface area (Å²) in [4.78, 5) is 11.4. The second-order valence-corrected chi connectivity index (χ2v) is 7.82. The molecule has 1 atom stereocenters. The molecular weight excluding hydrogens is 378 g/mol. The Morgan fingerprint density at radius 1 is 1.28 bits per heavy atom. The minimum atomic E-state index is 0.588. The van der Waals surface area contributed by atoms with E-state index < -0.39 is 0 Å².